The van der Waals surface area contributed by atoms with Crippen LogP contribution in [0.15, 0.2) is 18.2 Å². The quantitative estimate of drug-likeness (QED) is 0.584. The Morgan fingerprint density at radius 3 is 2.21 bits per heavy atom. The summed E-state index contributed by atoms with van der Waals surface area (Å²) in [5.41, 5.74) is 4.29. The molecule has 136 valence electrons. The lowest BCUT2D eigenvalue weighted by Crippen LogP contribution is -2.41. The number of hydrogen-bond donors (Lipinski definition) is 0. The fourth-order valence-corrected chi connectivity index (χ4v) is 4.80. The number of hydrogen-bond acceptors (Lipinski definition) is 2. The molecule has 0 heterocycles. The van der Waals surface area contributed by atoms with Crippen LogP contribution in [0, 0.1) is 5.41 Å². The van der Waals surface area contributed by atoms with E-state index in [0.29, 0.717) is 0 Å². The Kier molecular flexibility index (Phi) is 5.40. The van der Waals surface area contributed by atoms with Crippen molar-refractivity contribution in [2.75, 3.05) is 7.11 Å². The number of benzene rings is 1. The second-order valence-electron chi connectivity index (χ2n) is 9.80. The summed E-state index contributed by atoms with van der Waals surface area (Å²) in [6, 6.07) is 6.69. The summed E-state index contributed by atoms with van der Waals surface area (Å²) >= 11 is 0. The van der Waals surface area contributed by atoms with Crippen LogP contribution in [0.2, 0.25) is 18.1 Å². The number of fused-ring (bicyclic) bond motifs is 1. The van der Waals surface area contributed by atoms with Crippen molar-refractivity contribution in [2.45, 2.75) is 84.7 Å². The van der Waals surface area contributed by atoms with E-state index in [-0.39, 0.29) is 22.7 Å². The molecule has 0 fully saturated rings. The molecule has 0 saturated carbocycles. The third-order valence-corrected chi connectivity index (χ3v) is 10.3. The molecule has 0 saturated heterocycles. The van der Waals surface area contributed by atoms with Gasteiger partial charge in [-0.25, -0.2) is 0 Å². The highest BCUT2D eigenvalue weighted by Gasteiger charge is 2.41. The molecule has 0 radical (unpaired) electrons. The van der Waals surface area contributed by atoms with Crippen LogP contribution >= 0.6 is 0 Å². The van der Waals surface area contributed by atoms with Crippen molar-refractivity contribution >= 4 is 8.32 Å². The van der Waals surface area contributed by atoms with Crippen LogP contribution < -0.4 is 0 Å². The molecule has 2 unspecified atom stereocenters. The molecule has 3 heteroatoms. The van der Waals surface area contributed by atoms with Gasteiger partial charge in [-0.3, -0.25) is 0 Å². The van der Waals surface area contributed by atoms with Crippen LogP contribution in [0.5, 0.6) is 0 Å². The van der Waals surface area contributed by atoms with E-state index in [1.807, 2.05) is 7.11 Å². The zero-order valence-electron chi connectivity index (χ0n) is 17.1. The molecule has 0 bridgehead atoms. The topological polar surface area (TPSA) is 18.5 Å². The molecule has 1 aliphatic rings. The maximum absolute atomic E-state index is 6.74. The van der Waals surface area contributed by atoms with Gasteiger partial charge in [0.05, 0.1) is 12.2 Å². The van der Waals surface area contributed by atoms with Gasteiger partial charge in [-0.1, -0.05) is 59.7 Å². The molecule has 0 amide bonds. The normalized spacial score (nSPS) is 20.1. The lowest BCUT2D eigenvalue weighted by Gasteiger charge is -2.38. The smallest absolute Gasteiger partial charge is 0.192 e. The Morgan fingerprint density at radius 1 is 1.08 bits per heavy atom. The van der Waals surface area contributed by atoms with Crippen LogP contribution in [-0.2, 0) is 15.6 Å². The average molecular weight is 349 g/mol. The molecule has 0 spiro atoms. The fourth-order valence-electron chi connectivity index (χ4n) is 3.49. The molecule has 2 nitrogen and oxygen atoms in total. The highest BCUT2D eigenvalue weighted by atomic mass is 28.4. The Balaban J connectivity index is 2.35. The van der Waals surface area contributed by atoms with Gasteiger partial charge < -0.3 is 9.16 Å². The van der Waals surface area contributed by atoms with E-state index in [9.17, 15) is 0 Å². The molecule has 0 aromatic heterocycles. The summed E-state index contributed by atoms with van der Waals surface area (Å²) in [4.78, 5) is 0. The minimum atomic E-state index is -1.76. The van der Waals surface area contributed by atoms with E-state index in [2.05, 4.69) is 72.8 Å². The zero-order chi connectivity index (χ0) is 18.3. The maximum atomic E-state index is 6.74. The maximum Gasteiger partial charge on any atom is 0.192 e. The number of rotatable bonds is 4. The Hall–Kier alpha value is -0.643. The molecule has 0 aliphatic heterocycles. The predicted octanol–water partition coefficient (Wildman–Crippen LogP) is 6.43. The largest absolute Gasteiger partial charge is 0.410 e. The summed E-state index contributed by atoms with van der Waals surface area (Å²) in [7, 11) is 0.0681. The van der Waals surface area contributed by atoms with Crippen molar-refractivity contribution in [1.29, 1.82) is 0 Å². The third-order valence-electron chi connectivity index (χ3n) is 5.80. The molecule has 2 rings (SSSR count). The SMILES string of the molecule is COC(c1cccc2c1CCC2O[Si](C)(C)C(C)(C)C)C(C)(C)C. The first kappa shape index (κ1) is 19.7. The first-order chi connectivity index (χ1) is 10.9. The molecule has 1 aromatic rings. The van der Waals surface area contributed by atoms with Gasteiger partial charge in [0, 0.05) is 7.11 Å². The fraction of sp³-hybridized carbons (Fsp3) is 0.714. The summed E-state index contributed by atoms with van der Waals surface area (Å²) in [5, 5.41) is 0.244. The van der Waals surface area contributed by atoms with Crippen molar-refractivity contribution in [3.63, 3.8) is 0 Å². The minimum absolute atomic E-state index is 0.0856. The van der Waals surface area contributed by atoms with E-state index < -0.39 is 8.32 Å². The van der Waals surface area contributed by atoms with Gasteiger partial charge in [-0.2, -0.15) is 0 Å². The van der Waals surface area contributed by atoms with Gasteiger partial charge in [0.1, 0.15) is 0 Å². The Bertz CT molecular complexity index is 578. The monoisotopic (exact) mass is 348 g/mol. The third kappa shape index (κ3) is 3.78. The second kappa shape index (κ2) is 6.58. The van der Waals surface area contributed by atoms with Gasteiger partial charge >= 0.3 is 0 Å². The Morgan fingerprint density at radius 2 is 1.71 bits per heavy atom. The summed E-state index contributed by atoms with van der Waals surface area (Å²) in [5.74, 6) is 0. The predicted molar refractivity (Wildman–Crippen MR) is 105 cm³/mol. The highest BCUT2D eigenvalue weighted by molar-refractivity contribution is 6.74. The van der Waals surface area contributed by atoms with Gasteiger partial charge in [-0.15, -0.1) is 0 Å². The molecule has 1 aliphatic carbocycles. The van der Waals surface area contributed by atoms with Gasteiger partial charge in [-0.05, 0) is 53.1 Å². The van der Waals surface area contributed by atoms with Crippen LogP contribution in [0.3, 0.4) is 0 Å². The number of ether oxygens (including phenoxy) is 1. The summed E-state index contributed by atoms with van der Waals surface area (Å²) in [6.45, 7) is 18.4. The van der Waals surface area contributed by atoms with Gasteiger partial charge in [0.15, 0.2) is 8.32 Å². The number of methoxy groups -OCH3 is 1. The van der Waals surface area contributed by atoms with E-state index in [1.54, 1.807) is 0 Å². The molecule has 2 atom stereocenters. The molecular formula is C21H36O2Si. The average Bonchev–Trinajstić information content (AvgIpc) is 2.80. The molecular weight excluding hydrogens is 312 g/mol. The van der Waals surface area contributed by atoms with Crippen LogP contribution in [-0.4, -0.2) is 15.4 Å². The first-order valence-corrected chi connectivity index (χ1v) is 12.1. The minimum Gasteiger partial charge on any atom is -0.410 e. The van der Waals surface area contributed by atoms with Crippen LogP contribution in [0.25, 0.3) is 0 Å². The van der Waals surface area contributed by atoms with Crippen LogP contribution in [0.4, 0.5) is 0 Å². The summed E-state index contributed by atoms with van der Waals surface area (Å²) < 4.78 is 12.6. The zero-order valence-corrected chi connectivity index (χ0v) is 18.1. The lowest BCUT2D eigenvalue weighted by atomic mass is 9.82. The standard InChI is InChI=1S/C21H36O2Si/c1-20(2,3)19(22-7)17-12-10-11-16-15(17)13-14-18(16)23-24(8,9)21(4,5)6/h10-12,18-19H,13-14H2,1-9H3. The lowest BCUT2D eigenvalue weighted by molar-refractivity contribution is 0.0146. The summed E-state index contributed by atoms with van der Waals surface area (Å²) in [6.07, 6.45) is 2.57. The van der Waals surface area contributed by atoms with E-state index in [1.165, 1.54) is 16.7 Å². The van der Waals surface area contributed by atoms with E-state index in [0.717, 1.165) is 12.8 Å². The van der Waals surface area contributed by atoms with Gasteiger partial charge in [0.25, 0.3) is 0 Å². The van der Waals surface area contributed by atoms with E-state index in [4.69, 9.17) is 9.16 Å². The first-order valence-electron chi connectivity index (χ1n) is 9.21. The van der Waals surface area contributed by atoms with Crippen molar-refractivity contribution in [2.24, 2.45) is 5.41 Å². The Labute approximate surface area is 150 Å². The van der Waals surface area contributed by atoms with Crippen molar-refractivity contribution < 1.29 is 9.16 Å². The van der Waals surface area contributed by atoms with Crippen molar-refractivity contribution in [1.82, 2.24) is 0 Å². The van der Waals surface area contributed by atoms with Gasteiger partial charge in [0.2, 0.25) is 0 Å². The second-order valence-corrected chi connectivity index (χ2v) is 14.6. The molecule has 24 heavy (non-hydrogen) atoms. The highest BCUT2D eigenvalue weighted by Crippen LogP contribution is 2.46. The van der Waals surface area contributed by atoms with Crippen LogP contribution in [0.1, 0.15) is 76.9 Å². The molecule has 0 N–H and O–H groups in total. The van der Waals surface area contributed by atoms with Crippen molar-refractivity contribution in [3.8, 4) is 0 Å². The molecule has 1 aromatic carbocycles. The van der Waals surface area contributed by atoms with Crippen molar-refractivity contribution in [3.05, 3.63) is 34.9 Å². The van der Waals surface area contributed by atoms with E-state index >= 15 is 0 Å².